The van der Waals surface area contributed by atoms with Gasteiger partial charge >= 0.3 is 20.2 Å². The Morgan fingerprint density at radius 1 is 0.515 bits per heavy atom. The third-order valence-electron chi connectivity index (χ3n) is 5.30. The molecule has 0 amide bonds. The highest BCUT2D eigenvalue weighted by molar-refractivity contribution is 7.87. The highest BCUT2D eigenvalue weighted by Crippen LogP contribution is 2.39. The highest BCUT2D eigenvalue weighted by atomic mass is 32.2. The zero-order valence-electron chi connectivity index (χ0n) is 17.2. The van der Waals surface area contributed by atoms with Crippen molar-refractivity contribution in [3.63, 3.8) is 0 Å². The summed E-state index contributed by atoms with van der Waals surface area (Å²) in [6.45, 7) is 0. The van der Waals surface area contributed by atoms with Crippen LogP contribution in [0.2, 0.25) is 0 Å². The number of hydrogen-bond donors (Lipinski definition) is 0. The lowest BCUT2D eigenvalue weighted by Gasteiger charge is -2.09. The molecule has 1 aliphatic rings. The molecule has 6 nitrogen and oxygen atoms in total. The highest BCUT2D eigenvalue weighted by Gasteiger charge is 2.26. The number of para-hydroxylation sites is 2. The second kappa shape index (κ2) is 8.06. The van der Waals surface area contributed by atoms with Crippen molar-refractivity contribution < 1.29 is 25.2 Å². The van der Waals surface area contributed by atoms with Crippen LogP contribution >= 0.6 is 0 Å². The minimum Gasteiger partial charge on any atom is -0.379 e. The number of benzene rings is 4. The number of rotatable bonds is 6. The van der Waals surface area contributed by atoms with Gasteiger partial charge in [-0.15, -0.1) is 0 Å². The van der Waals surface area contributed by atoms with Crippen molar-refractivity contribution in [2.75, 3.05) is 0 Å². The summed E-state index contributed by atoms with van der Waals surface area (Å²) in [5.41, 5.74) is 3.27. The van der Waals surface area contributed by atoms with Crippen molar-refractivity contribution in [3.05, 3.63) is 108 Å². The molecule has 0 fully saturated rings. The summed E-state index contributed by atoms with van der Waals surface area (Å²) < 4.78 is 61.3. The molecule has 0 atom stereocenters. The number of fused-ring (bicyclic) bond motifs is 3. The molecular weight excluding hydrogens is 460 g/mol. The fourth-order valence-electron chi connectivity index (χ4n) is 3.78. The van der Waals surface area contributed by atoms with Gasteiger partial charge in [0.1, 0.15) is 21.3 Å². The topological polar surface area (TPSA) is 86.7 Å². The van der Waals surface area contributed by atoms with Crippen LogP contribution in [0.4, 0.5) is 0 Å². The van der Waals surface area contributed by atoms with Gasteiger partial charge in [0.05, 0.1) is 0 Å². The molecule has 1 aliphatic carbocycles. The summed E-state index contributed by atoms with van der Waals surface area (Å²) in [5.74, 6) is 0.462. The molecule has 0 radical (unpaired) electrons. The second-order valence-corrected chi connectivity index (χ2v) is 10.6. The molecule has 0 unspecified atom stereocenters. The molecule has 0 heterocycles. The lowest BCUT2D eigenvalue weighted by atomic mass is 10.1. The molecule has 8 heteroatoms. The fourth-order valence-corrected chi connectivity index (χ4v) is 5.74. The van der Waals surface area contributed by atoms with Gasteiger partial charge in [-0.05, 0) is 77.2 Å². The molecule has 33 heavy (non-hydrogen) atoms. The van der Waals surface area contributed by atoms with Gasteiger partial charge in [0.15, 0.2) is 0 Å². The van der Waals surface area contributed by atoms with E-state index in [4.69, 9.17) is 8.37 Å². The quantitative estimate of drug-likeness (QED) is 0.326. The zero-order valence-corrected chi connectivity index (χ0v) is 18.8. The largest absolute Gasteiger partial charge is 0.379 e. The molecular formula is C25H18O6S2. The Kier molecular flexibility index (Phi) is 5.19. The minimum absolute atomic E-state index is 0.0400. The van der Waals surface area contributed by atoms with E-state index in [2.05, 4.69) is 0 Å². The fraction of sp³-hybridized carbons (Fsp3) is 0.0400. The summed E-state index contributed by atoms with van der Waals surface area (Å²) in [6, 6.07) is 26.2. The van der Waals surface area contributed by atoms with Crippen LogP contribution < -0.4 is 8.37 Å². The Hall–Kier alpha value is -3.62. The zero-order chi connectivity index (χ0) is 23.1. The van der Waals surface area contributed by atoms with Crippen molar-refractivity contribution in [2.45, 2.75) is 16.2 Å². The molecule has 0 spiro atoms. The standard InChI is InChI=1S/C25H18O6S2/c26-32(27,30-20-7-3-1-4-8-20)22-11-13-24-18(16-22)15-19-17-23(12-14-25(19)24)33(28,29)31-21-9-5-2-6-10-21/h1-14,16-17H,15H2. The Balaban J connectivity index is 1.42. The summed E-state index contributed by atoms with van der Waals surface area (Å²) in [5, 5.41) is 0. The maximum Gasteiger partial charge on any atom is 0.339 e. The minimum atomic E-state index is -4.00. The molecule has 4 aromatic rings. The van der Waals surface area contributed by atoms with Gasteiger partial charge in [0, 0.05) is 0 Å². The first kappa shape index (κ1) is 21.2. The van der Waals surface area contributed by atoms with E-state index in [9.17, 15) is 16.8 Å². The maximum atomic E-state index is 12.7. The van der Waals surface area contributed by atoms with Gasteiger partial charge in [0.25, 0.3) is 0 Å². The SMILES string of the molecule is O=S(=O)(Oc1ccccc1)c1ccc2c(c1)Cc1cc(S(=O)(=O)Oc3ccccc3)ccc1-2. The molecule has 4 aromatic carbocycles. The van der Waals surface area contributed by atoms with Crippen molar-refractivity contribution in [2.24, 2.45) is 0 Å². The number of hydrogen-bond acceptors (Lipinski definition) is 6. The average Bonchev–Trinajstić information content (AvgIpc) is 3.17. The maximum absolute atomic E-state index is 12.7. The molecule has 0 bridgehead atoms. The van der Waals surface area contributed by atoms with Crippen LogP contribution in [0.15, 0.2) is 107 Å². The van der Waals surface area contributed by atoms with Crippen LogP contribution in [0.3, 0.4) is 0 Å². The van der Waals surface area contributed by atoms with E-state index in [1.807, 2.05) is 0 Å². The smallest absolute Gasteiger partial charge is 0.339 e. The van der Waals surface area contributed by atoms with Gasteiger partial charge in [-0.25, -0.2) is 0 Å². The van der Waals surface area contributed by atoms with Crippen LogP contribution in [0, 0.1) is 0 Å². The van der Waals surface area contributed by atoms with Crippen molar-refractivity contribution in [3.8, 4) is 22.6 Å². The molecule has 5 rings (SSSR count). The van der Waals surface area contributed by atoms with Crippen molar-refractivity contribution >= 4 is 20.2 Å². The summed E-state index contributed by atoms with van der Waals surface area (Å²) in [4.78, 5) is 0.0799. The van der Waals surface area contributed by atoms with E-state index < -0.39 is 20.2 Å². The molecule has 166 valence electrons. The Labute approximate surface area is 192 Å². The monoisotopic (exact) mass is 478 g/mol. The van der Waals surface area contributed by atoms with Gasteiger partial charge < -0.3 is 8.37 Å². The van der Waals surface area contributed by atoms with Crippen LogP contribution in [-0.4, -0.2) is 16.8 Å². The van der Waals surface area contributed by atoms with Crippen LogP contribution in [0.1, 0.15) is 11.1 Å². The Morgan fingerprint density at radius 3 is 1.30 bits per heavy atom. The summed E-state index contributed by atoms with van der Waals surface area (Å²) >= 11 is 0. The Bertz CT molecular complexity index is 1430. The first-order valence-electron chi connectivity index (χ1n) is 10.1. The van der Waals surface area contributed by atoms with E-state index in [1.165, 1.54) is 12.1 Å². The van der Waals surface area contributed by atoms with Gasteiger partial charge in [0.2, 0.25) is 0 Å². The predicted molar refractivity (Wildman–Crippen MR) is 123 cm³/mol. The van der Waals surface area contributed by atoms with Gasteiger partial charge in [-0.2, -0.15) is 16.8 Å². The van der Waals surface area contributed by atoms with E-state index >= 15 is 0 Å². The Morgan fingerprint density at radius 2 is 0.909 bits per heavy atom. The van der Waals surface area contributed by atoms with Crippen LogP contribution in [-0.2, 0) is 26.7 Å². The molecule has 0 aromatic heterocycles. The molecule has 0 saturated heterocycles. The molecule has 0 saturated carbocycles. The third kappa shape index (κ3) is 4.22. The summed E-state index contributed by atoms with van der Waals surface area (Å²) in [6.07, 6.45) is 0.397. The van der Waals surface area contributed by atoms with Crippen LogP contribution in [0.5, 0.6) is 11.5 Å². The van der Waals surface area contributed by atoms with E-state index in [0.717, 1.165) is 22.3 Å². The first-order chi connectivity index (χ1) is 15.8. The third-order valence-corrected chi connectivity index (χ3v) is 7.79. The van der Waals surface area contributed by atoms with Crippen molar-refractivity contribution in [1.29, 1.82) is 0 Å². The normalized spacial score (nSPS) is 12.6. The van der Waals surface area contributed by atoms with Crippen LogP contribution in [0.25, 0.3) is 11.1 Å². The second-order valence-electron chi connectivity index (χ2n) is 7.52. The van der Waals surface area contributed by atoms with E-state index in [1.54, 1.807) is 84.9 Å². The van der Waals surface area contributed by atoms with Gasteiger partial charge in [-0.1, -0.05) is 48.5 Å². The summed E-state index contributed by atoms with van der Waals surface area (Å²) in [7, 11) is -8.01. The molecule has 0 N–H and O–H groups in total. The van der Waals surface area contributed by atoms with Gasteiger partial charge in [-0.3, -0.25) is 0 Å². The molecule has 0 aliphatic heterocycles. The predicted octanol–water partition coefficient (Wildman–Crippen LogP) is 4.79. The first-order valence-corrected chi connectivity index (χ1v) is 12.9. The van der Waals surface area contributed by atoms with E-state index in [0.29, 0.717) is 6.42 Å². The average molecular weight is 479 g/mol. The lowest BCUT2D eigenvalue weighted by Crippen LogP contribution is -2.10. The van der Waals surface area contributed by atoms with E-state index in [-0.39, 0.29) is 21.3 Å². The van der Waals surface area contributed by atoms with Crippen molar-refractivity contribution in [1.82, 2.24) is 0 Å². The lowest BCUT2D eigenvalue weighted by molar-refractivity contribution is 0.484.